The number of primary amides is 1. The van der Waals surface area contributed by atoms with Gasteiger partial charge in [0.1, 0.15) is 6.10 Å². The van der Waals surface area contributed by atoms with Crippen molar-refractivity contribution < 1.29 is 9.53 Å². The molecule has 4 nitrogen and oxygen atoms in total. The summed E-state index contributed by atoms with van der Waals surface area (Å²) in [5.74, 6) is 0. The first-order chi connectivity index (χ1) is 4.04. The van der Waals surface area contributed by atoms with E-state index < -0.39 is 6.09 Å². The maximum absolute atomic E-state index is 10.1. The molecule has 0 aliphatic rings. The van der Waals surface area contributed by atoms with Crippen LogP contribution >= 0.6 is 0 Å². The standard InChI is InChI=1S/C5H12N2O2/c1-3(6)4(2)9-5(7)8/h3-4H,6H2,1-2H3,(H2,7,8). The number of rotatable bonds is 2. The molecule has 2 unspecified atom stereocenters. The minimum Gasteiger partial charge on any atom is -0.445 e. The van der Waals surface area contributed by atoms with E-state index in [2.05, 4.69) is 4.74 Å². The van der Waals surface area contributed by atoms with Crippen molar-refractivity contribution in [3.63, 3.8) is 0 Å². The molecule has 0 spiro atoms. The van der Waals surface area contributed by atoms with Crippen LogP contribution < -0.4 is 11.5 Å². The highest BCUT2D eigenvalue weighted by Crippen LogP contribution is 1.93. The Kier molecular flexibility index (Phi) is 3.01. The predicted octanol–water partition coefficient (Wildman–Crippen LogP) is -0.183. The molecule has 0 fully saturated rings. The van der Waals surface area contributed by atoms with Gasteiger partial charge in [-0.3, -0.25) is 0 Å². The van der Waals surface area contributed by atoms with E-state index in [0.717, 1.165) is 0 Å². The van der Waals surface area contributed by atoms with Gasteiger partial charge in [0.15, 0.2) is 0 Å². The summed E-state index contributed by atoms with van der Waals surface area (Å²) in [6.07, 6.45) is -1.08. The maximum atomic E-state index is 10.1. The Bertz CT molecular complexity index is 103. The third-order valence-corrected chi connectivity index (χ3v) is 1.04. The SMILES string of the molecule is CC(N)C(C)OC(N)=O. The van der Waals surface area contributed by atoms with Gasteiger partial charge in [0, 0.05) is 6.04 Å². The van der Waals surface area contributed by atoms with Crippen LogP contribution in [-0.2, 0) is 4.74 Å². The van der Waals surface area contributed by atoms with Crippen LogP contribution in [0.4, 0.5) is 4.79 Å². The first kappa shape index (κ1) is 8.23. The average molecular weight is 132 g/mol. The lowest BCUT2D eigenvalue weighted by molar-refractivity contribution is 0.104. The van der Waals surface area contributed by atoms with Gasteiger partial charge in [-0.25, -0.2) is 4.79 Å². The summed E-state index contributed by atoms with van der Waals surface area (Å²) in [5.41, 5.74) is 10.1. The van der Waals surface area contributed by atoms with E-state index in [0.29, 0.717) is 0 Å². The van der Waals surface area contributed by atoms with Gasteiger partial charge in [0.05, 0.1) is 0 Å². The van der Waals surface area contributed by atoms with Crippen molar-refractivity contribution in [1.29, 1.82) is 0 Å². The van der Waals surface area contributed by atoms with Crippen LogP contribution in [-0.4, -0.2) is 18.2 Å². The lowest BCUT2D eigenvalue weighted by atomic mass is 10.2. The fraction of sp³-hybridized carbons (Fsp3) is 0.800. The lowest BCUT2D eigenvalue weighted by Gasteiger charge is -2.13. The highest BCUT2D eigenvalue weighted by Gasteiger charge is 2.09. The predicted molar refractivity (Wildman–Crippen MR) is 33.8 cm³/mol. The molecule has 0 bridgehead atoms. The molecule has 0 aliphatic heterocycles. The molecule has 0 saturated carbocycles. The molecule has 4 heteroatoms. The zero-order chi connectivity index (χ0) is 7.44. The first-order valence-corrected chi connectivity index (χ1v) is 2.75. The number of hydrogen-bond acceptors (Lipinski definition) is 3. The van der Waals surface area contributed by atoms with E-state index in [1.54, 1.807) is 13.8 Å². The second-order valence-electron chi connectivity index (χ2n) is 2.00. The molecule has 0 aromatic rings. The van der Waals surface area contributed by atoms with Gasteiger partial charge in [-0.2, -0.15) is 0 Å². The van der Waals surface area contributed by atoms with Gasteiger partial charge in [0.2, 0.25) is 0 Å². The van der Waals surface area contributed by atoms with Crippen molar-refractivity contribution in [3.8, 4) is 0 Å². The van der Waals surface area contributed by atoms with Crippen LogP contribution in [0.1, 0.15) is 13.8 Å². The quantitative estimate of drug-likeness (QED) is 0.547. The Morgan fingerprint density at radius 1 is 1.56 bits per heavy atom. The first-order valence-electron chi connectivity index (χ1n) is 2.75. The highest BCUT2D eigenvalue weighted by molar-refractivity contribution is 5.64. The molecule has 0 aromatic carbocycles. The summed E-state index contributed by atoms with van der Waals surface area (Å²) in [6.45, 7) is 3.43. The summed E-state index contributed by atoms with van der Waals surface area (Å²) >= 11 is 0. The summed E-state index contributed by atoms with van der Waals surface area (Å²) in [5, 5.41) is 0. The summed E-state index contributed by atoms with van der Waals surface area (Å²) < 4.78 is 4.53. The fourth-order valence-electron chi connectivity index (χ4n) is 0.291. The summed E-state index contributed by atoms with van der Waals surface area (Å²) in [4.78, 5) is 10.1. The monoisotopic (exact) mass is 132 g/mol. The number of carbonyl (C=O) groups excluding carboxylic acids is 1. The fourth-order valence-corrected chi connectivity index (χ4v) is 0.291. The van der Waals surface area contributed by atoms with E-state index in [9.17, 15) is 4.79 Å². The van der Waals surface area contributed by atoms with Gasteiger partial charge >= 0.3 is 6.09 Å². The molecule has 0 aromatic heterocycles. The minimum atomic E-state index is -0.778. The van der Waals surface area contributed by atoms with Crippen molar-refractivity contribution in [2.24, 2.45) is 11.5 Å². The molecule has 1 amide bonds. The molecular formula is C5H12N2O2. The zero-order valence-corrected chi connectivity index (χ0v) is 5.63. The molecule has 0 heterocycles. The van der Waals surface area contributed by atoms with Crippen molar-refractivity contribution >= 4 is 6.09 Å². The van der Waals surface area contributed by atoms with Crippen molar-refractivity contribution in [1.82, 2.24) is 0 Å². The van der Waals surface area contributed by atoms with Crippen molar-refractivity contribution in [2.75, 3.05) is 0 Å². The normalized spacial score (nSPS) is 16.3. The Hall–Kier alpha value is -0.770. The van der Waals surface area contributed by atoms with Crippen LogP contribution in [0.25, 0.3) is 0 Å². The molecule has 0 rings (SSSR count). The Balaban J connectivity index is 3.50. The molecule has 4 N–H and O–H groups in total. The molecule has 9 heavy (non-hydrogen) atoms. The molecule has 54 valence electrons. The van der Waals surface area contributed by atoms with Gasteiger partial charge in [0.25, 0.3) is 0 Å². The van der Waals surface area contributed by atoms with E-state index in [1.807, 2.05) is 0 Å². The van der Waals surface area contributed by atoms with Gasteiger partial charge in [-0.15, -0.1) is 0 Å². The number of ether oxygens (including phenoxy) is 1. The molecule has 0 saturated heterocycles. The Morgan fingerprint density at radius 2 is 2.00 bits per heavy atom. The van der Waals surface area contributed by atoms with E-state index in [1.165, 1.54) is 0 Å². The second-order valence-corrected chi connectivity index (χ2v) is 2.00. The summed E-state index contributed by atoms with van der Waals surface area (Å²) in [7, 11) is 0. The maximum Gasteiger partial charge on any atom is 0.404 e. The summed E-state index contributed by atoms with van der Waals surface area (Å²) in [6, 6.07) is -0.169. The lowest BCUT2D eigenvalue weighted by Crippen LogP contribution is -2.34. The van der Waals surface area contributed by atoms with E-state index >= 15 is 0 Å². The third-order valence-electron chi connectivity index (χ3n) is 1.04. The average Bonchev–Trinajstić information content (AvgIpc) is 1.63. The Morgan fingerprint density at radius 3 is 2.11 bits per heavy atom. The number of hydrogen-bond donors (Lipinski definition) is 2. The topological polar surface area (TPSA) is 78.3 Å². The largest absolute Gasteiger partial charge is 0.445 e. The van der Waals surface area contributed by atoms with Gasteiger partial charge in [-0.05, 0) is 13.8 Å². The van der Waals surface area contributed by atoms with Crippen LogP contribution in [0.2, 0.25) is 0 Å². The third kappa shape index (κ3) is 3.78. The van der Waals surface area contributed by atoms with E-state index in [4.69, 9.17) is 11.5 Å². The van der Waals surface area contributed by atoms with Crippen molar-refractivity contribution in [3.05, 3.63) is 0 Å². The van der Waals surface area contributed by atoms with Crippen LogP contribution in [0.5, 0.6) is 0 Å². The molecule has 2 atom stereocenters. The van der Waals surface area contributed by atoms with Gasteiger partial charge < -0.3 is 16.2 Å². The second kappa shape index (κ2) is 3.29. The highest BCUT2D eigenvalue weighted by atomic mass is 16.6. The molecular weight excluding hydrogens is 120 g/mol. The van der Waals surface area contributed by atoms with Gasteiger partial charge in [-0.1, -0.05) is 0 Å². The Labute approximate surface area is 54.2 Å². The number of carbonyl (C=O) groups is 1. The van der Waals surface area contributed by atoms with E-state index in [-0.39, 0.29) is 12.1 Å². The van der Waals surface area contributed by atoms with Crippen LogP contribution in [0.3, 0.4) is 0 Å². The number of amides is 1. The van der Waals surface area contributed by atoms with Crippen LogP contribution in [0.15, 0.2) is 0 Å². The minimum absolute atomic E-state index is 0.169. The molecule has 0 radical (unpaired) electrons. The molecule has 0 aliphatic carbocycles. The van der Waals surface area contributed by atoms with Crippen LogP contribution in [0, 0.1) is 0 Å². The van der Waals surface area contributed by atoms with Crippen molar-refractivity contribution in [2.45, 2.75) is 26.0 Å². The number of nitrogens with two attached hydrogens (primary N) is 2. The zero-order valence-electron chi connectivity index (χ0n) is 5.63. The smallest absolute Gasteiger partial charge is 0.404 e.